The molecule has 0 saturated heterocycles. The molecule has 4 nitrogen and oxygen atoms in total. The molecule has 0 radical (unpaired) electrons. The molecule has 0 fully saturated rings. The van der Waals surface area contributed by atoms with Crippen molar-refractivity contribution in [2.24, 2.45) is 0 Å². The van der Waals surface area contributed by atoms with Crippen LogP contribution in [-0.4, -0.2) is 15.8 Å². The minimum absolute atomic E-state index is 0.0191. The molecule has 1 aromatic carbocycles. The van der Waals surface area contributed by atoms with Gasteiger partial charge in [0, 0.05) is 12.1 Å². The number of anilines is 1. The van der Waals surface area contributed by atoms with Crippen molar-refractivity contribution in [3.63, 3.8) is 0 Å². The van der Waals surface area contributed by atoms with Crippen LogP contribution in [0.5, 0.6) is 0 Å². The van der Waals surface area contributed by atoms with Crippen molar-refractivity contribution < 1.29 is 4.39 Å². The molecule has 0 spiro atoms. The van der Waals surface area contributed by atoms with Gasteiger partial charge in [0.1, 0.15) is 5.82 Å². The summed E-state index contributed by atoms with van der Waals surface area (Å²) < 4.78 is 14.6. The summed E-state index contributed by atoms with van der Waals surface area (Å²) in [5.41, 5.74) is 0.911. The van der Waals surface area contributed by atoms with Crippen LogP contribution in [0.15, 0.2) is 35.3 Å². The van der Waals surface area contributed by atoms with E-state index in [-0.39, 0.29) is 23.2 Å². The van der Waals surface area contributed by atoms with Crippen LogP contribution in [0, 0.1) is 5.82 Å². The van der Waals surface area contributed by atoms with Gasteiger partial charge >= 0.3 is 0 Å². The van der Waals surface area contributed by atoms with Crippen molar-refractivity contribution in [1.29, 1.82) is 0 Å². The molecule has 0 bridgehead atoms. The van der Waals surface area contributed by atoms with Crippen molar-refractivity contribution in [2.45, 2.75) is 26.4 Å². The highest BCUT2D eigenvalue weighted by Gasteiger charge is 2.08. The van der Waals surface area contributed by atoms with Crippen LogP contribution in [0.2, 0.25) is 5.02 Å². The van der Waals surface area contributed by atoms with Crippen molar-refractivity contribution in [2.75, 3.05) is 5.32 Å². The summed E-state index contributed by atoms with van der Waals surface area (Å²) in [6, 6.07) is 6.17. The van der Waals surface area contributed by atoms with Crippen LogP contribution in [0.25, 0.3) is 0 Å². The fourth-order valence-electron chi connectivity index (χ4n) is 1.80. The molecule has 2 rings (SSSR count). The molecule has 1 aromatic heterocycles. The third kappa shape index (κ3) is 3.36. The lowest BCUT2D eigenvalue weighted by Gasteiger charge is -2.11. The maximum absolute atomic E-state index is 13.3. The molecule has 20 heavy (non-hydrogen) atoms. The lowest BCUT2D eigenvalue weighted by molar-refractivity contribution is 0.611. The Morgan fingerprint density at radius 1 is 1.45 bits per heavy atom. The van der Waals surface area contributed by atoms with E-state index in [9.17, 15) is 9.18 Å². The van der Waals surface area contributed by atoms with E-state index >= 15 is 0 Å². The number of halogens is 2. The normalized spacial score (nSPS) is 10.8. The quantitative estimate of drug-likeness (QED) is 0.943. The second kappa shape index (κ2) is 6.05. The second-order valence-corrected chi connectivity index (χ2v) is 5.13. The summed E-state index contributed by atoms with van der Waals surface area (Å²) >= 11 is 5.87. The zero-order valence-electron chi connectivity index (χ0n) is 11.2. The van der Waals surface area contributed by atoms with Gasteiger partial charge in [0.2, 0.25) is 0 Å². The Kier molecular flexibility index (Phi) is 4.39. The summed E-state index contributed by atoms with van der Waals surface area (Å²) in [4.78, 5) is 11.9. The zero-order chi connectivity index (χ0) is 14.7. The van der Waals surface area contributed by atoms with E-state index in [0.29, 0.717) is 11.3 Å². The zero-order valence-corrected chi connectivity index (χ0v) is 12.0. The van der Waals surface area contributed by atoms with Crippen LogP contribution < -0.4 is 10.9 Å². The van der Waals surface area contributed by atoms with Crippen molar-refractivity contribution in [3.05, 3.63) is 57.2 Å². The fourth-order valence-corrected chi connectivity index (χ4v) is 1.98. The fraction of sp³-hybridized carbons (Fsp3) is 0.286. The minimum atomic E-state index is -0.504. The third-order valence-electron chi connectivity index (χ3n) is 2.68. The molecule has 106 valence electrons. The van der Waals surface area contributed by atoms with Gasteiger partial charge in [0.05, 0.1) is 23.5 Å². The first kappa shape index (κ1) is 14.5. The van der Waals surface area contributed by atoms with E-state index in [2.05, 4.69) is 10.4 Å². The van der Waals surface area contributed by atoms with E-state index in [1.807, 2.05) is 13.8 Å². The Morgan fingerprint density at radius 2 is 2.20 bits per heavy atom. The predicted octanol–water partition coefficient (Wildman–Crippen LogP) is 2.90. The van der Waals surface area contributed by atoms with Crippen LogP contribution in [0.1, 0.15) is 19.4 Å². The van der Waals surface area contributed by atoms with Gasteiger partial charge < -0.3 is 5.32 Å². The number of hydrogen-bond donors (Lipinski definition) is 1. The largest absolute Gasteiger partial charge is 0.381 e. The molecule has 0 amide bonds. The molecular formula is C14H15ClFN3O. The Morgan fingerprint density at radius 3 is 2.85 bits per heavy atom. The highest BCUT2D eigenvalue weighted by molar-refractivity contribution is 6.31. The van der Waals surface area contributed by atoms with Crippen molar-refractivity contribution in [1.82, 2.24) is 9.78 Å². The van der Waals surface area contributed by atoms with Gasteiger partial charge in [-0.25, -0.2) is 9.07 Å². The maximum Gasteiger partial charge on any atom is 0.269 e. The van der Waals surface area contributed by atoms with E-state index in [1.165, 1.54) is 16.8 Å². The topological polar surface area (TPSA) is 46.9 Å². The Hall–Kier alpha value is -1.88. The summed E-state index contributed by atoms with van der Waals surface area (Å²) in [7, 11) is 0. The number of nitrogens with zero attached hydrogens (tertiary/aromatic N) is 2. The van der Waals surface area contributed by atoms with Gasteiger partial charge in [-0.05, 0) is 25.5 Å². The molecule has 0 aliphatic carbocycles. The summed E-state index contributed by atoms with van der Waals surface area (Å²) in [6.07, 6.45) is 1.56. The Labute approximate surface area is 121 Å². The SMILES string of the molecule is CC(C)Nc1cnn(Cc2cccc(F)c2Cl)c(=O)c1. The van der Waals surface area contributed by atoms with Crippen molar-refractivity contribution in [3.8, 4) is 0 Å². The molecule has 1 heterocycles. The summed E-state index contributed by atoms with van der Waals surface area (Å²) in [5, 5.41) is 7.17. The number of rotatable bonds is 4. The monoisotopic (exact) mass is 295 g/mol. The molecule has 0 atom stereocenters. The smallest absolute Gasteiger partial charge is 0.269 e. The van der Waals surface area contributed by atoms with Crippen LogP contribution in [0.3, 0.4) is 0 Å². The predicted molar refractivity (Wildman–Crippen MR) is 77.8 cm³/mol. The van der Waals surface area contributed by atoms with Gasteiger partial charge in [0.15, 0.2) is 0 Å². The van der Waals surface area contributed by atoms with Gasteiger partial charge in [0.25, 0.3) is 5.56 Å². The highest BCUT2D eigenvalue weighted by Crippen LogP contribution is 2.19. The van der Waals surface area contributed by atoms with Gasteiger partial charge in [-0.1, -0.05) is 23.7 Å². The van der Waals surface area contributed by atoms with E-state index in [0.717, 1.165) is 0 Å². The summed E-state index contributed by atoms with van der Waals surface area (Å²) in [6.45, 7) is 4.08. The number of benzene rings is 1. The lowest BCUT2D eigenvalue weighted by Crippen LogP contribution is -2.24. The standard InChI is InChI=1S/C14H15ClFN3O/c1-9(2)18-11-6-13(20)19(17-7-11)8-10-4-3-5-12(16)14(10)15/h3-7,9,18H,8H2,1-2H3. The van der Waals surface area contributed by atoms with Gasteiger partial charge in [-0.2, -0.15) is 5.10 Å². The first-order valence-corrected chi connectivity index (χ1v) is 6.62. The van der Waals surface area contributed by atoms with Crippen LogP contribution >= 0.6 is 11.6 Å². The highest BCUT2D eigenvalue weighted by atomic mass is 35.5. The molecule has 6 heteroatoms. The molecule has 0 aliphatic rings. The molecular weight excluding hydrogens is 281 g/mol. The second-order valence-electron chi connectivity index (χ2n) is 4.75. The summed E-state index contributed by atoms with van der Waals surface area (Å²) in [5.74, 6) is -0.504. The van der Waals surface area contributed by atoms with Crippen LogP contribution in [-0.2, 0) is 6.54 Å². The third-order valence-corrected chi connectivity index (χ3v) is 3.10. The lowest BCUT2D eigenvalue weighted by atomic mass is 10.2. The molecule has 0 aliphatic heterocycles. The van der Waals surface area contributed by atoms with E-state index in [1.54, 1.807) is 18.3 Å². The minimum Gasteiger partial charge on any atom is -0.381 e. The van der Waals surface area contributed by atoms with Crippen molar-refractivity contribution >= 4 is 17.3 Å². The van der Waals surface area contributed by atoms with Gasteiger partial charge in [-0.3, -0.25) is 4.79 Å². The van der Waals surface area contributed by atoms with Gasteiger partial charge in [-0.15, -0.1) is 0 Å². The number of aromatic nitrogens is 2. The van der Waals surface area contributed by atoms with Crippen LogP contribution in [0.4, 0.5) is 10.1 Å². The van der Waals surface area contributed by atoms with E-state index < -0.39 is 5.82 Å². The first-order chi connectivity index (χ1) is 9.47. The number of nitrogens with one attached hydrogen (secondary N) is 1. The maximum atomic E-state index is 13.3. The average Bonchev–Trinajstić information content (AvgIpc) is 2.37. The molecule has 1 N–H and O–H groups in total. The average molecular weight is 296 g/mol. The molecule has 2 aromatic rings. The first-order valence-electron chi connectivity index (χ1n) is 6.24. The Balaban J connectivity index is 2.26. The molecule has 0 unspecified atom stereocenters. The Bertz CT molecular complexity index is 670. The number of hydrogen-bond acceptors (Lipinski definition) is 3. The molecule has 0 saturated carbocycles. The van der Waals surface area contributed by atoms with E-state index in [4.69, 9.17) is 11.6 Å².